The maximum atomic E-state index is 11.8. The molecule has 1 heterocycles. The van der Waals surface area contributed by atoms with E-state index in [-0.39, 0.29) is 18.4 Å². The van der Waals surface area contributed by atoms with Gasteiger partial charge in [0.05, 0.1) is 13.2 Å². The van der Waals surface area contributed by atoms with Crippen LogP contribution in [-0.2, 0) is 9.53 Å². The summed E-state index contributed by atoms with van der Waals surface area (Å²) in [5, 5.41) is 3.20. The van der Waals surface area contributed by atoms with E-state index in [0.29, 0.717) is 29.9 Å². The summed E-state index contributed by atoms with van der Waals surface area (Å²) in [5.41, 5.74) is 0.772. The van der Waals surface area contributed by atoms with Gasteiger partial charge in [0, 0.05) is 32.2 Å². The van der Waals surface area contributed by atoms with Crippen LogP contribution in [0.25, 0.3) is 0 Å². The molecule has 1 rings (SSSR count). The van der Waals surface area contributed by atoms with Gasteiger partial charge in [0.1, 0.15) is 16.8 Å². The normalized spacial score (nSPS) is 10.8. The fourth-order valence-corrected chi connectivity index (χ4v) is 1.93. The number of hydrogen-bond donors (Lipinski definition) is 1. The van der Waals surface area contributed by atoms with Crippen LogP contribution in [0.1, 0.15) is 31.2 Å². The Balaban J connectivity index is 2.81. The molecule has 21 heavy (non-hydrogen) atoms. The number of anilines is 1. The maximum Gasteiger partial charge on any atom is 0.239 e. The van der Waals surface area contributed by atoms with Crippen LogP contribution in [0.4, 0.5) is 5.82 Å². The number of carbonyl (C=O) groups is 1. The van der Waals surface area contributed by atoms with Gasteiger partial charge < -0.3 is 15.0 Å². The highest BCUT2D eigenvalue weighted by Crippen LogP contribution is 2.24. The van der Waals surface area contributed by atoms with E-state index in [9.17, 15) is 4.79 Å². The molecule has 0 aromatic carbocycles. The minimum absolute atomic E-state index is 0.0882. The van der Waals surface area contributed by atoms with Crippen molar-refractivity contribution in [1.29, 1.82) is 0 Å². The van der Waals surface area contributed by atoms with Crippen molar-refractivity contribution >= 4 is 23.3 Å². The van der Waals surface area contributed by atoms with Gasteiger partial charge in [-0.3, -0.25) is 4.79 Å². The van der Waals surface area contributed by atoms with Crippen LogP contribution >= 0.6 is 11.6 Å². The number of hydrogen-bond acceptors (Lipinski definition) is 5. The molecular weight excluding hydrogens is 292 g/mol. The number of nitrogens with zero attached hydrogens (tertiary/aromatic N) is 3. The van der Waals surface area contributed by atoms with E-state index < -0.39 is 0 Å². The summed E-state index contributed by atoms with van der Waals surface area (Å²) in [4.78, 5) is 22.4. The number of likely N-dealkylation sites (N-methyl/N-ethyl adjacent to an activating group) is 1. The van der Waals surface area contributed by atoms with Crippen molar-refractivity contribution in [1.82, 2.24) is 15.3 Å². The third-order valence-electron chi connectivity index (χ3n) is 2.97. The van der Waals surface area contributed by atoms with Gasteiger partial charge in [0.2, 0.25) is 5.91 Å². The van der Waals surface area contributed by atoms with Crippen molar-refractivity contribution < 1.29 is 9.53 Å². The van der Waals surface area contributed by atoms with E-state index in [1.54, 1.807) is 12.0 Å². The van der Waals surface area contributed by atoms with Gasteiger partial charge in [0.25, 0.3) is 0 Å². The molecule has 0 unspecified atom stereocenters. The van der Waals surface area contributed by atoms with Crippen LogP contribution in [0, 0.1) is 6.92 Å². The average molecular weight is 315 g/mol. The molecule has 0 spiro atoms. The first-order valence-corrected chi connectivity index (χ1v) is 7.25. The Morgan fingerprint density at radius 2 is 2.10 bits per heavy atom. The van der Waals surface area contributed by atoms with Crippen LogP contribution < -0.4 is 10.2 Å². The predicted octanol–water partition coefficient (Wildman–Crippen LogP) is 1.76. The monoisotopic (exact) mass is 314 g/mol. The van der Waals surface area contributed by atoms with E-state index >= 15 is 0 Å². The molecule has 0 fully saturated rings. The second kappa shape index (κ2) is 8.14. The molecule has 1 N–H and O–H groups in total. The lowest BCUT2D eigenvalue weighted by atomic mass is 10.2. The quantitative estimate of drug-likeness (QED) is 0.613. The zero-order chi connectivity index (χ0) is 16.0. The van der Waals surface area contributed by atoms with Crippen LogP contribution in [0.15, 0.2) is 0 Å². The standard InChI is InChI=1S/C14H23ClN4O2/c1-9(2)13-17-12(15)10(3)14(18-13)19(4)8-11(20)16-6-7-21-5/h9H,6-8H2,1-5H3,(H,16,20). The lowest BCUT2D eigenvalue weighted by Gasteiger charge is -2.21. The molecule has 1 aromatic rings. The fraction of sp³-hybridized carbons (Fsp3) is 0.643. The van der Waals surface area contributed by atoms with Crippen molar-refractivity contribution in [3.05, 3.63) is 16.5 Å². The van der Waals surface area contributed by atoms with E-state index in [4.69, 9.17) is 16.3 Å². The van der Waals surface area contributed by atoms with E-state index in [0.717, 1.165) is 5.56 Å². The Bertz CT molecular complexity index is 494. The van der Waals surface area contributed by atoms with Gasteiger partial charge in [0.15, 0.2) is 0 Å². The zero-order valence-electron chi connectivity index (χ0n) is 13.2. The minimum atomic E-state index is -0.0882. The minimum Gasteiger partial charge on any atom is -0.383 e. The van der Waals surface area contributed by atoms with Gasteiger partial charge in [-0.25, -0.2) is 9.97 Å². The first-order chi connectivity index (χ1) is 9.86. The number of halogens is 1. The fourth-order valence-electron chi connectivity index (χ4n) is 1.76. The summed E-state index contributed by atoms with van der Waals surface area (Å²) in [6.07, 6.45) is 0. The van der Waals surface area contributed by atoms with Crippen LogP contribution in [0.5, 0.6) is 0 Å². The number of nitrogens with one attached hydrogen (secondary N) is 1. The Labute approximate surface area is 130 Å². The van der Waals surface area contributed by atoms with Gasteiger partial charge in [-0.2, -0.15) is 0 Å². The molecule has 0 atom stereocenters. The van der Waals surface area contributed by atoms with Gasteiger partial charge in [-0.05, 0) is 6.92 Å². The first-order valence-electron chi connectivity index (χ1n) is 6.87. The van der Waals surface area contributed by atoms with Crippen LogP contribution in [0.3, 0.4) is 0 Å². The summed E-state index contributed by atoms with van der Waals surface area (Å²) in [5.74, 6) is 1.44. The number of methoxy groups -OCH3 is 1. The van der Waals surface area contributed by atoms with Crippen molar-refractivity contribution in [3.63, 3.8) is 0 Å². The molecule has 0 aliphatic carbocycles. The van der Waals surface area contributed by atoms with E-state index in [1.807, 2.05) is 27.8 Å². The molecule has 7 heteroatoms. The van der Waals surface area contributed by atoms with Crippen molar-refractivity contribution in [3.8, 4) is 0 Å². The Morgan fingerprint density at radius 3 is 2.67 bits per heavy atom. The molecule has 0 aliphatic heterocycles. The van der Waals surface area contributed by atoms with Gasteiger partial charge in [-0.15, -0.1) is 0 Å². The number of amides is 1. The molecule has 1 aromatic heterocycles. The topological polar surface area (TPSA) is 67.3 Å². The lowest BCUT2D eigenvalue weighted by Crippen LogP contribution is -2.37. The number of rotatable bonds is 7. The molecule has 6 nitrogen and oxygen atoms in total. The van der Waals surface area contributed by atoms with Crippen LogP contribution in [-0.4, -0.2) is 49.7 Å². The predicted molar refractivity (Wildman–Crippen MR) is 84.0 cm³/mol. The van der Waals surface area contributed by atoms with Crippen molar-refractivity contribution in [2.24, 2.45) is 0 Å². The van der Waals surface area contributed by atoms with Crippen LogP contribution in [0.2, 0.25) is 5.15 Å². The van der Waals surface area contributed by atoms with E-state index in [2.05, 4.69) is 15.3 Å². The molecule has 0 bridgehead atoms. The number of carbonyl (C=O) groups excluding carboxylic acids is 1. The summed E-state index contributed by atoms with van der Waals surface area (Å²) in [6, 6.07) is 0. The van der Waals surface area contributed by atoms with Gasteiger partial charge in [-0.1, -0.05) is 25.4 Å². The summed E-state index contributed by atoms with van der Waals surface area (Å²) in [7, 11) is 3.41. The highest BCUT2D eigenvalue weighted by atomic mass is 35.5. The van der Waals surface area contributed by atoms with Crippen molar-refractivity contribution in [2.75, 3.05) is 38.8 Å². The third-order valence-corrected chi connectivity index (χ3v) is 3.33. The van der Waals surface area contributed by atoms with E-state index in [1.165, 1.54) is 0 Å². The Hall–Kier alpha value is -1.40. The molecular formula is C14H23ClN4O2. The SMILES string of the molecule is COCCNC(=O)CN(C)c1nc(C(C)C)nc(Cl)c1C. The Kier molecular flexibility index (Phi) is 6.84. The van der Waals surface area contributed by atoms with Crippen molar-refractivity contribution in [2.45, 2.75) is 26.7 Å². The molecule has 118 valence electrons. The lowest BCUT2D eigenvalue weighted by molar-refractivity contribution is -0.119. The summed E-state index contributed by atoms with van der Waals surface area (Å²) < 4.78 is 4.89. The highest BCUT2D eigenvalue weighted by Gasteiger charge is 2.16. The van der Waals surface area contributed by atoms with Gasteiger partial charge >= 0.3 is 0 Å². The summed E-state index contributed by atoms with van der Waals surface area (Å²) >= 11 is 6.15. The second-order valence-corrected chi connectivity index (χ2v) is 5.53. The smallest absolute Gasteiger partial charge is 0.239 e. The molecule has 0 saturated heterocycles. The largest absolute Gasteiger partial charge is 0.383 e. The molecule has 0 aliphatic rings. The number of ether oxygens (including phenoxy) is 1. The zero-order valence-corrected chi connectivity index (χ0v) is 14.0. The maximum absolute atomic E-state index is 11.8. The first kappa shape index (κ1) is 17.7. The second-order valence-electron chi connectivity index (χ2n) is 5.17. The summed E-state index contributed by atoms with van der Waals surface area (Å²) in [6.45, 7) is 7.04. The number of aromatic nitrogens is 2. The molecule has 0 radical (unpaired) electrons. The molecule has 0 saturated carbocycles. The third kappa shape index (κ3) is 5.13. The highest BCUT2D eigenvalue weighted by molar-refractivity contribution is 6.30. The average Bonchev–Trinajstić information content (AvgIpc) is 2.41. The molecule has 1 amide bonds. The Morgan fingerprint density at radius 1 is 1.43 bits per heavy atom.